The van der Waals surface area contributed by atoms with Gasteiger partial charge in [0.05, 0.1) is 29.6 Å². The summed E-state index contributed by atoms with van der Waals surface area (Å²) in [5.74, 6) is -0.291. The lowest BCUT2D eigenvalue weighted by molar-refractivity contribution is -0.142. The van der Waals surface area contributed by atoms with Crippen molar-refractivity contribution in [3.8, 4) is 0 Å². The Balaban J connectivity index is 1.91. The number of ether oxygens (including phenoxy) is 1. The first-order chi connectivity index (χ1) is 15.9. The van der Waals surface area contributed by atoms with E-state index in [1.54, 1.807) is 24.3 Å². The molecule has 0 amide bonds. The maximum atomic E-state index is 13.0. The number of sulfonamides is 1. The van der Waals surface area contributed by atoms with E-state index < -0.39 is 38.7 Å². The van der Waals surface area contributed by atoms with Crippen LogP contribution in [0.2, 0.25) is 0 Å². The highest BCUT2D eigenvalue weighted by atomic mass is 32.2. The zero-order valence-electron chi connectivity index (χ0n) is 18.6. The highest BCUT2D eigenvalue weighted by Gasteiger charge is 2.31. The lowest BCUT2D eigenvalue weighted by Crippen LogP contribution is -2.36. The maximum absolute atomic E-state index is 13.0. The fraction of sp³-hybridized carbons (Fsp3) is 0.318. The summed E-state index contributed by atoms with van der Waals surface area (Å²) < 4.78 is 71.2. The molecule has 8 nitrogen and oxygen atoms in total. The number of para-hydroxylation sites is 1. The number of esters is 1. The zero-order valence-corrected chi connectivity index (χ0v) is 19.4. The van der Waals surface area contributed by atoms with Gasteiger partial charge in [-0.15, -0.1) is 0 Å². The molecule has 3 rings (SSSR count). The van der Waals surface area contributed by atoms with Gasteiger partial charge in [0.25, 0.3) is 0 Å². The summed E-state index contributed by atoms with van der Waals surface area (Å²) in [7, 11) is -3.02. The van der Waals surface area contributed by atoms with Gasteiger partial charge in [0.2, 0.25) is 10.0 Å². The number of halogens is 3. The van der Waals surface area contributed by atoms with E-state index in [0.717, 1.165) is 18.2 Å². The first-order valence-corrected chi connectivity index (χ1v) is 11.7. The normalized spacial score (nSPS) is 13.1. The van der Waals surface area contributed by atoms with E-state index in [1.807, 2.05) is 13.8 Å². The van der Waals surface area contributed by atoms with Crippen molar-refractivity contribution < 1.29 is 31.1 Å². The van der Waals surface area contributed by atoms with E-state index in [0.29, 0.717) is 22.8 Å². The molecular formula is C22H23F3N4O4S. The van der Waals surface area contributed by atoms with E-state index in [-0.39, 0.29) is 18.3 Å². The molecule has 0 fully saturated rings. The van der Waals surface area contributed by atoms with Crippen LogP contribution in [0.1, 0.15) is 25.2 Å². The van der Waals surface area contributed by atoms with Gasteiger partial charge in [-0.2, -0.15) is 13.2 Å². The van der Waals surface area contributed by atoms with Crippen molar-refractivity contribution in [2.45, 2.75) is 37.5 Å². The van der Waals surface area contributed by atoms with E-state index in [2.05, 4.69) is 20.0 Å². The lowest BCUT2D eigenvalue weighted by Gasteiger charge is -2.21. The molecule has 0 radical (unpaired) electrons. The summed E-state index contributed by atoms with van der Waals surface area (Å²) in [6.45, 7) is 3.26. The highest BCUT2D eigenvalue weighted by molar-refractivity contribution is 7.89. The Labute approximate surface area is 194 Å². The van der Waals surface area contributed by atoms with E-state index in [1.165, 1.54) is 7.11 Å². The van der Waals surface area contributed by atoms with Gasteiger partial charge in [-0.1, -0.05) is 32.0 Å². The molecule has 0 aliphatic rings. The predicted molar refractivity (Wildman–Crippen MR) is 119 cm³/mol. The van der Waals surface area contributed by atoms with Crippen LogP contribution in [0, 0.1) is 5.92 Å². The fourth-order valence-corrected chi connectivity index (χ4v) is 4.19. The number of carbonyl (C=O) groups excluding carboxylic acids is 1. The van der Waals surface area contributed by atoms with Crippen molar-refractivity contribution in [2.75, 3.05) is 12.4 Å². The maximum Gasteiger partial charge on any atom is 0.416 e. The summed E-state index contributed by atoms with van der Waals surface area (Å²) in [6, 6.07) is 9.62. The van der Waals surface area contributed by atoms with Crippen molar-refractivity contribution in [2.24, 2.45) is 5.92 Å². The standard InChI is InChI=1S/C22H23F3N4O4S/c1-13(2)19(21(30)33-3)29-20-16-9-4-5-10-17(16)27-18(28-20)12-26-34(31,32)15-8-6-7-14(11-15)22(23,24)25/h4-11,13,19,26H,12H2,1-3H3,(H,27,28,29)/t19-/m0/s1. The fourth-order valence-electron chi connectivity index (χ4n) is 3.17. The van der Waals surface area contributed by atoms with Crippen LogP contribution in [0.5, 0.6) is 0 Å². The number of fused-ring (bicyclic) bond motifs is 1. The Morgan fingerprint density at radius 3 is 2.44 bits per heavy atom. The molecule has 182 valence electrons. The van der Waals surface area contributed by atoms with Crippen LogP contribution in [0.3, 0.4) is 0 Å². The largest absolute Gasteiger partial charge is 0.467 e. The second kappa shape index (κ2) is 9.94. The number of alkyl halides is 3. The molecule has 12 heteroatoms. The molecular weight excluding hydrogens is 473 g/mol. The van der Waals surface area contributed by atoms with Gasteiger partial charge in [-0.05, 0) is 36.2 Å². The molecule has 3 aromatic rings. The smallest absolute Gasteiger partial charge is 0.416 e. The number of nitrogens with one attached hydrogen (secondary N) is 2. The molecule has 0 aliphatic heterocycles. The van der Waals surface area contributed by atoms with Crippen molar-refractivity contribution in [3.05, 3.63) is 59.9 Å². The number of carbonyl (C=O) groups is 1. The minimum Gasteiger partial charge on any atom is -0.467 e. The lowest BCUT2D eigenvalue weighted by atomic mass is 10.0. The predicted octanol–water partition coefficient (Wildman–Crippen LogP) is 3.74. The van der Waals surface area contributed by atoms with Crippen LogP contribution in [0.25, 0.3) is 10.9 Å². The summed E-state index contributed by atoms with van der Waals surface area (Å²) in [5, 5.41) is 3.64. The van der Waals surface area contributed by atoms with Crippen molar-refractivity contribution in [1.29, 1.82) is 0 Å². The molecule has 0 spiro atoms. The Hall–Kier alpha value is -3.25. The number of anilines is 1. The molecule has 0 bridgehead atoms. The highest BCUT2D eigenvalue weighted by Crippen LogP contribution is 2.30. The van der Waals surface area contributed by atoms with E-state index in [4.69, 9.17) is 4.74 Å². The first kappa shape index (κ1) is 25.4. The second-order valence-corrected chi connectivity index (χ2v) is 9.51. The Morgan fingerprint density at radius 1 is 1.09 bits per heavy atom. The van der Waals surface area contributed by atoms with Crippen LogP contribution < -0.4 is 10.0 Å². The van der Waals surface area contributed by atoms with Gasteiger partial charge < -0.3 is 10.1 Å². The summed E-state index contributed by atoms with van der Waals surface area (Å²) in [6.07, 6.45) is -4.68. The number of aromatic nitrogens is 2. The first-order valence-electron chi connectivity index (χ1n) is 10.2. The van der Waals surface area contributed by atoms with Gasteiger partial charge in [-0.3, -0.25) is 0 Å². The van der Waals surface area contributed by atoms with Gasteiger partial charge in [0, 0.05) is 5.39 Å². The average molecular weight is 497 g/mol. The number of methoxy groups -OCH3 is 1. The minimum absolute atomic E-state index is 0.0594. The number of nitrogens with zero attached hydrogens (tertiary/aromatic N) is 2. The van der Waals surface area contributed by atoms with E-state index >= 15 is 0 Å². The zero-order chi connectivity index (χ0) is 25.1. The van der Waals surface area contributed by atoms with Gasteiger partial charge in [0.1, 0.15) is 17.7 Å². The number of rotatable bonds is 8. The molecule has 0 aliphatic carbocycles. The average Bonchev–Trinajstić information content (AvgIpc) is 2.80. The second-order valence-electron chi connectivity index (χ2n) is 7.74. The topological polar surface area (TPSA) is 110 Å². The monoisotopic (exact) mass is 496 g/mol. The third kappa shape index (κ3) is 5.81. The quantitative estimate of drug-likeness (QED) is 0.457. The molecule has 0 saturated carbocycles. The number of hydrogen-bond acceptors (Lipinski definition) is 7. The molecule has 0 saturated heterocycles. The van der Waals surface area contributed by atoms with Gasteiger partial charge in [-0.25, -0.2) is 27.9 Å². The number of hydrogen-bond donors (Lipinski definition) is 2. The van der Waals surface area contributed by atoms with Crippen molar-refractivity contribution in [1.82, 2.24) is 14.7 Å². The summed E-state index contributed by atoms with van der Waals surface area (Å²) in [4.78, 5) is 20.3. The molecule has 2 aromatic carbocycles. The third-order valence-electron chi connectivity index (χ3n) is 4.96. The minimum atomic E-state index is -4.68. The molecule has 2 N–H and O–H groups in total. The SMILES string of the molecule is COC(=O)[C@@H](Nc1nc(CNS(=O)(=O)c2cccc(C(F)(F)F)c2)nc2ccccc12)C(C)C. The van der Waals surface area contributed by atoms with Crippen LogP contribution in [-0.4, -0.2) is 37.5 Å². The Kier molecular flexibility index (Phi) is 7.41. The third-order valence-corrected chi connectivity index (χ3v) is 6.35. The van der Waals surface area contributed by atoms with Crippen LogP contribution >= 0.6 is 0 Å². The summed E-state index contributed by atoms with van der Waals surface area (Å²) in [5.41, 5.74) is -0.591. The van der Waals surface area contributed by atoms with E-state index in [9.17, 15) is 26.4 Å². The number of benzene rings is 2. The van der Waals surface area contributed by atoms with Gasteiger partial charge in [0.15, 0.2) is 0 Å². The molecule has 34 heavy (non-hydrogen) atoms. The molecule has 1 atom stereocenters. The molecule has 1 aromatic heterocycles. The van der Waals surface area contributed by atoms with Crippen molar-refractivity contribution >= 4 is 32.7 Å². The Morgan fingerprint density at radius 2 is 1.79 bits per heavy atom. The molecule has 0 unspecified atom stereocenters. The van der Waals surface area contributed by atoms with Crippen LogP contribution in [0.15, 0.2) is 53.4 Å². The van der Waals surface area contributed by atoms with Crippen molar-refractivity contribution in [3.63, 3.8) is 0 Å². The van der Waals surface area contributed by atoms with Gasteiger partial charge >= 0.3 is 12.1 Å². The summed E-state index contributed by atoms with van der Waals surface area (Å²) >= 11 is 0. The molecule has 1 heterocycles. The van der Waals surface area contributed by atoms with Crippen LogP contribution in [-0.2, 0) is 32.3 Å². The Bertz CT molecular complexity index is 1300. The van der Waals surface area contributed by atoms with Crippen LogP contribution in [0.4, 0.5) is 19.0 Å².